The highest BCUT2D eigenvalue weighted by atomic mass is 79.9. The number of carbonyl (C=O) groups excluding carboxylic acids is 3. The monoisotopic (exact) mass is 545 g/mol. The summed E-state index contributed by atoms with van der Waals surface area (Å²) in [5.74, 6) is -1.05. The first kappa shape index (κ1) is 23.4. The summed E-state index contributed by atoms with van der Waals surface area (Å²) in [5, 5.41) is 2.70. The van der Waals surface area contributed by atoms with Gasteiger partial charge in [0, 0.05) is 15.9 Å². The molecule has 36 heavy (non-hydrogen) atoms. The predicted molar refractivity (Wildman–Crippen MR) is 139 cm³/mol. The molecule has 9 nitrogen and oxygen atoms in total. The van der Waals surface area contributed by atoms with Crippen molar-refractivity contribution in [1.82, 2.24) is 19.7 Å². The van der Waals surface area contributed by atoms with E-state index in [0.717, 1.165) is 4.90 Å². The second-order valence-corrected chi connectivity index (χ2v) is 9.28. The fraction of sp³-hybridized carbons (Fsp3) is 0.115. The van der Waals surface area contributed by atoms with Gasteiger partial charge >= 0.3 is 6.03 Å². The van der Waals surface area contributed by atoms with Gasteiger partial charge < -0.3 is 0 Å². The van der Waals surface area contributed by atoms with Crippen LogP contribution >= 0.6 is 15.9 Å². The normalized spacial score (nSPS) is 15.2. The first-order valence-electron chi connectivity index (χ1n) is 11.0. The lowest BCUT2D eigenvalue weighted by atomic mass is 10.1. The first-order chi connectivity index (χ1) is 17.2. The second kappa shape index (κ2) is 8.72. The van der Waals surface area contributed by atoms with Crippen LogP contribution in [0.4, 0.5) is 10.5 Å². The Hall–Kier alpha value is -4.31. The van der Waals surface area contributed by atoms with Gasteiger partial charge in [-0.25, -0.2) is 14.7 Å². The number of nitrogens with one attached hydrogen (secondary N) is 1. The van der Waals surface area contributed by atoms with Crippen molar-refractivity contribution < 1.29 is 14.4 Å². The zero-order valence-corrected chi connectivity index (χ0v) is 21.2. The first-order valence-corrected chi connectivity index (χ1v) is 11.8. The van der Waals surface area contributed by atoms with Crippen LogP contribution in [0.15, 0.2) is 69.4 Å². The summed E-state index contributed by atoms with van der Waals surface area (Å²) in [5.41, 5.74) is 2.35. The zero-order valence-electron chi connectivity index (χ0n) is 19.6. The van der Waals surface area contributed by atoms with Crippen molar-refractivity contribution in [2.75, 3.05) is 4.90 Å². The van der Waals surface area contributed by atoms with Gasteiger partial charge in [-0.1, -0.05) is 34.1 Å². The number of fused-ring (bicyclic) bond motifs is 1. The fourth-order valence-electron chi connectivity index (χ4n) is 4.36. The molecule has 10 heteroatoms. The van der Waals surface area contributed by atoms with E-state index in [1.165, 1.54) is 10.8 Å². The van der Waals surface area contributed by atoms with Gasteiger partial charge in [0.05, 0.1) is 16.6 Å². The van der Waals surface area contributed by atoms with Gasteiger partial charge in [-0.15, -0.1) is 0 Å². The van der Waals surface area contributed by atoms with E-state index in [2.05, 4.69) is 26.2 Å². The number of barbiturate groups is 1. The van der Waals surface area contributed by atoms with Crippen molar-refractivity contribution in [3.63, 3.8) is 0 Å². The Morgan fingerprint density at radius 1 is 0.917 bits per heavy atom. The van der Waals surface area contributed by atoms with Crippen LogP contribution in [-0.4, -0.2) is 32.2 Å². The lowest BCUT2D eigenvalue weighted by Gasteiger charge is -2.26. The number of aromatic nitrogens is 3. The van der Waals surface area contributed by atoms with Crippen LogP contribution in [0.2, 0.25) is 0 Å². The maximum atomic E-state index is 13.3. The maximum Gasteiger partial charge on any atom is 0.335 e. The Bertz CT molecular complexity index is 1700. The number of anilines is 1. The van der Waals surface area contributed by atoms with Crippen molar-refractivity contribution in [2.45, 2.75) is 20.8 Å². The number of nitrogens with zero attached hydrogens (tertiary/aromatic N) is 4. The quantitative estimate of drug-likeness (QED) is 0.310. The molecule has 4 amide bonds. The summed E-state index contributed by atoms with van der Waals surface area (Å²) < 4.78 is 3.84. The van der Waals surface area contributed by atoms with Crippen molar-refractivity contribution >= 4 is 56.4 Å². The van der Waals surface area contributed by atoms with Gasteiger partial charge in [0.15, 0.2) is 0 Å². The summed E-state index contributed by atoms with van der Waals surface area (Å²) >= 11 is 3.33. The number of hydrogen-bond acceptors (Lipinski definition) is 5. The third kappa shape index (κ3) is 3.75. The van der Waals surface area contributed by atoms with E-state index in [1.54, 1.807) is 67.1 Å². The molecule has 1 saturated heterocycles. The zero-order chi connectivity index (χ0) is 25.7. The molecule has 2 aromatic carbocycles. The van der Waals surface area contributed by atoms with Crippen molar-refractivity contribution in [3.05, 3.63) is 97.8 Å². The third-order valence-corrected chi connectivity index (χ3v) is 6.51. The Balaban J connectivity index is 1.63. The summed E-state index contributed by atoms with van der Waals surface area (Å²) in [4.78, 5) is 57.3. The van der Waals surface area contributed by atoms with E-state index in [9.17, 15) is 19.2 Å². The van der Waals surface area contributed by atoms with Crippen molar-refractivity contribution in [3.8, 4) is 0 Å². The molecule has 3 heterocycles. The molecule has 1 fully saturated rings. The van der Waals surface area contributed by atoms with Crippen LogP contribution in [0.1, 0.15) is 22.8 Å². The SMILES string of the molecule is Cc1cc(C=C2C(=O)NC(=O)N(c3cccc(Br)c3)C2=O)c(C)n1-n1c(C)nc2ccccc2c1=O. The number of para-hydroxylation sites is 1. The lowest BCUT2D eigenvalue weighted by Crippen LogP contribution is -2.54. The van der Waals surface area contributed by atoms with E-state index >= 15 is 0 Å². The maximum absolute atomic E-state index is 13.3. The van der Waals surface area contributed by atoms with Crippen molar-refractivity contribution in [1.29, 1.82) is 0 Å². The highest BCUT2D eigenvalue weighted by molar-refractivity contribution is 9.10. The molecule has 0 bridgehead atoms. The number of halogens is 1. The molecule has 5 rings (SSSR count). The van der Waals surface area contributed by atoms with E-state index < -0.39 is 17.8 Å². The number of aryl methyl sites for hydroxylation is 2. The highest BCUT2D eigenvalue weighted by Crippen LogP contribution is 2.26. The van der Waals surface area contributed by atoms with Gasteiger partial charge in [0.1, 0.15) is 11.4 Å². The van der Waals surface area contributed by atoms with Crippen LogP contribution in [0.3, 0.4) is 0 Å². The van der Waals surface area contributed by atoms with E-state index in [-0.39, 0.29) is 11.1 Å². The van der Waals surface area contributed by atoms with E-state index in [4.69, 9.17) is 0 Å². The molecule has 1 aliphatic heterocycles. The predicted octanol–water partition coefficient (Wildman–Crippen LogP) is 3.86. The standard InChI is InChI=1S/C26H20BrN5O4/c1-14-11-17(15(2)31(14)32-16(3)28-22-10-5-4-9-20(22)25(32)35)12-21-23(33)29-26(36)30(24(21)34)19-8-6-7-18(27)13-19/h4-13H,1-3H3,(H,29,33,36). The number of benzene rings is 2. The van der Waals surface area contributed by atoms with Gasteiger partial charge in [-0.3, -0.25) is 24.4 Å². The molecule has 0 spiro atoms. The fourth-order valence-corrected chi connectivity index (χ4v) is 4.75. The minimum atomic E-state index is -0.824. The Labute approximate surface area is 213 Å². The summed E-state index contributed by atoms with van der Waals surface area (Å²) in [6.45, 7) is 5.34. The molecule has 0 saturated carbocycles. The molecule has 0 radical (unpaired) electrons. The molecule has 0 atom stereocenters. The summed E-state index contributed by atoms with van der Waals surface area (Å²) in [6, 6.07) is 14.7. The highest BCUT2D eigenvalue weighted by Gasteiger charge is 2.37. The number of urea groups is 1. The number of amides is 4. The molecule has 4 aromatic rings. The second-order valence-electron chi connectivity index (χ2n) is 8.37. The Kier molecular flexibility index (Phi) is 5.68. The number of imide groups is 2. The Morgan fingerprint density at radius 2 is 1.67 bits per heavy atom. The minimum Gasteiger partial charge on any atom is -0.273 e. The molecule has 180 valence electrons. The molecule has 0 aliphatic carbocycles. The largest absolute Gasteiger partial charge is 0.335 e. The van der Waals surface area contributed by atoms with Crippen LogP contribution in [0, 0.1) is 20.8 Å². The van der Waals surface area contributed by atoms with Gasteiger partial charge in [-0.2, -0.15) is 4.68 Å². The number of carbonyl (C=O) groups is 3. The van der Waals surface area contributed by atoms with Gasteiger partial charge in [-0.05, 0) is 68.8 Å². The van der Waals surface area contributed by atoms with E-state index in [1.807, 2.05) is 13.0 Å². The van der Waals surface area contributed by atoms with Gasteiger partial charge in [0.2, 0.25) is 0 Å². The molecule has 1 aliphatic rings. The van der Waals surface area contributed by atoms with Crippen LogP contribution in [0.25, 0.3) is 17.0 Å². The van der Waals surface area contributed by atoms with E-state index in [0.29, 0.717) is 43.8 Å². The molecule has 1 N–H and O–H groups in total. The molecule has 2 aromatic heterocycles. The molecular formula is C26H20BrN5O4. The van der Waals surface area contributed by atoms with Crippen LogP contribution in [0.5, 0.6) is 0 Å². The molecule has 0 unspecified atom stereocenters. The minimum absolute atomic E-state index is 0.199. The summed E-state index contributed by atoms with van der Waals surface area (Å²) in [6.07, 6.45) is 1.43. The van der Waals surface area contributed by atoms with Crippen LogP contribution < -0.4 is 15.8 Å². The number of hydrogen-bond donors (Lipinski definition) is 1. The lowest BCUT2D eigenvalue weighted by molar-refractivity contribution is -0.122. The average Bonchev–Trinajstić information content (AvgIpc) is 3.09. The Morgan fingerprint density at radius 3 is 2.42 bits per heavy atom. The van der Waals surface area contributed by atoms with Gasteiger partial charge in [0.25, 0.3) is 17.4 Å². The molecular weight excluding hydrogens is 526 g/mol. The summed E-state index contributed by atoms with van der Waals surface area (Å²) in [7, 11) is 0. The smallest absolute Gasteiger partial charge is 0.273 e. The van der Waals surface area contributed by atoms with Crippen molar-refractivity contribution in [2.24, 2.45) is 0 Å². The third-order valence-electron chi connectivity index (χ3n) is 6.02. The topological polar surface area (TPSA) is 106 Å². The van der Waals surface area contributed by atoms with Crippen LogP contribution in [-0.2, 0) is 9.59 Å². The number of rotatable bonds is 3. The average molecular weight is 546 g/mol.